The predicted molar refractivity (Wildman–Crippen MR) is 99.5 cm³/mol. The van der Waals surface area contributed by atoms with E-state index in [2.05, 4.69) is 20.9 Å². The first kappa shape index (κ1) is 19.2. The Kier molecular flexibility index (Phi) is 7.70. The molecule has 0 heterocycles. The number of nitrogens with one attached hydrogen (secondary N) is 3. The van der Waals surface area contributed by atoms with Crippen molar-refractivity contribution in [2.45, 2.75) is 52.0 Å². The lowest BCUT2D eigenvalue weighted by Crippen LogP contribution is -2.44. The largest absolute Gasteiger partial charge is 0.357 e. The van der Waals surface area contributed by atoms with Crippen LogP contribution in [0.3, 0.4) is 0 Å². The van der Waals surface area contributed by atoms with Crippen LogP contribution in [0.2, 0.25) is 0 Å². The van der Waals surface area contributed by atoms with Crippen molar-refractivity contribution in [3.63, 3.8) is 0 Å². The van der Waals surface area contributed by atoms with E-state index < -0.39 is 0 Å². The number of aryl methyl sites for hydroxylation is 1. The van der Waals surface area contributed by atoms with E-state index >= 15 is 0 Å². The number of hydrogen-bond acceptors (Lipinski definition) is 2. The Bertz CT molecular complexity index is 597. The number of nitrogens with zero attached hydrogens (tertiary/aromatic N) is 1. The highest BCUT2D eigenvalue weighted by atomic mass is 19.1. The first-order chi connectivity index (χ1) is 12.1. The van der Waals surface area contributed by atoms with Gasteiger partial charge in [-0.2, -0.15) is 0 Å². The Hall–Kier alpha value is -2.11. The second-order valence-corrected chi connectivity index (χ2v) is 6.46. The minimum atomic E-state index is -0.364. The fourth-order valence-corrected chi connectivity index (χ4v) is 2.93. The fraction of sp³-hybridized carbons (Fsp3) is 0.579. The van der Waals surface area contributed by atoms with Crippen molar-refractivity contribution in [2.24, 2.45) is 4.99 Å². The number of benzene rings is 1. The average molecular weight is 348 g/mol. The molecule has 0 aromatic heterocycles. The third kappa shape index (κ3) is 6.36. The van der Waals surface area contributed by atoms with Crippen LogP contribution in [0, 0.1) is 12.7 Å². The van der Waals surface area contributed by atoms with Gasteiger partial charge in [0.15, 0.2) is 5.96 Å². The third-order valence-electron chi connectivity index (χ3n) is 4.39. The zero-order chi connectivity index (χ0) is 18.1. The van der Waals surface area contributed by atoms with Gasteiger partial charge in [-0.05, 0) is 44.4 Å². The van der Waals surface area contributed by atoms with Crippen LogP contribution in [-0.4, -0.2) is 37.5 Å². The molecule has 0 radical (unpaired) electrons. The third-order valence-corrected chi connectivity index (χ3v) is 4.39. The maximum atomic E-state index is 13.5. The van der Waals surface area contributed by atoms with Crippen molar-refractivity contribution < 1.29 is 9.18 Å². The Morgan fingerprint density at radius 2 is 2.00 bits per heavy atom. The highest BCUT2D eigenvalue weighted by Crippen LogP contribution is 2.17. The molecule has 0 atom stereocenters. The number of halogens is 1. The van der Waals surface area contributed by atoms with E-state index in [1.165, 1.54) is 38.2 Å². The SMILES string of the molecule is CCNC(=NCCNC(=O)c1ccc(C)c(F)c1)NC1CCCCC1. The van der Waals surface area contributed by atoms with Crippen molar-refractivity contribution in [1.29, 1.82) is 0 Å². The second kappa shape index (κ2) is 10.0. The van der Waals surface area contributed by atoms with E-state index in [1.54, 1.807) is 19.1 Å². The lowest BCUT2D eigenvalue weighted by molar-refractivity contribution is 0.0954. The van der Waals surface area contributed by atoms with E-state index in [0.29, 0.717) is 30.3 Å². The molecule has 138 valence electrons. The molecular formula is C19H29FN4O. The molecule has 5 nitrogen and oxygen atoms in total. The molecule has 1 aliphatic rings. The summed E-state index contributed by atoms with van der Waals surface area (Å²) in [6.07, 6.45) is 6.21. The topological polar surface area (TPSA) is 65.5 Å². The van der Waals surface area contributed by atoms with E-state index in [1.807, 2.05) is 6.92 Å². The molecule has 3 N–H and O–H groups in total. The number of carbonyl (C=O) groups excluding carboxylic acids is 1. The monoisotopic (exact) mass is 348 g/mol. The van der Waals surface area contributed by atoms with Crippen molar-refractivity contribution in [2.75, 3.05) is 19.6 Å². The minimum absolute atomic E-state index is 0.278. The van der Waals surface area contributed by atoms with Gasteiger partial charge in [-0.25, -0.2) is 4.39 Å². The summed E-state index contributed by atoms with van der Waals surface area (Å²) < 4.78 is 13.5. The molecule has 1 amide bonds. The summed E-state index contributed by atoms with van der Waals surface area (Å²) in [6, 6.07) is 4.99. The van der Waals surface area contributed by atoms with Crippen molar-refractivity contribution in [3.8, 4) is 0 Å². The number of carbonyl (C=O) groups is 1. The number of hydrogen-bond donors (Lipinski definition) is 3. The highest BCUT2D eigenvalue weighted by Gasteiger charge is 2.14. The molecule has 1 fully saturated rings. The second-order valence-electron chi connectivity index (χ2n) is 6.46. The average Bonchev–Trinajstić information content (AvgIpc) is 2.62. The molecule has 0 saturated heterocycles. The van der Waals surface area contributed by atoms with Crippen LogP contribution in [0.4, 0.5) is 4.39 Å². The van der Waals surface area contributed by atoms with Gasteiger partial charge in [-0.15, -0.1) is 0 Å². The molecule has 1 aromatic carbocycles. The lowest BCUT2D eigenvalue weighted by Gasteiger charge is -2.24. The number of guanidine groups is 1. The Balaban J connectivity index is 1.80. The molecule has 0 unspecified atom stereocenters. The summed E-state index contributed by atoms with van der Waals surface area (Å²) in [5.41, 5.74) is 0.865. The standard InChI is InChI=1S/C19H29FN4O/c1-3-21-19(24-16-7-5-4-6-8-16)23-12-11-22-18(25)15-10-9-14(2)17(20)13-15/h9-10,13,16H,3-8,11-12H2,1-2H3,(H,22,25)(H2,21,23,24). The Labute approximate surface area is 149 Å². The van der Waals surface area contributed by atoms with Crippen molar-refractivity contribution >= 4 is 11.9 Å². The van der Waals surface area contributed by atoms with E-state index in [-0.39, 0.29) is 11.7 Å². The summed E-state index contributed by atoms with van der Waals surface area (Å²) in [5.74, 6) is 0.154. The van der Waals surface area contributed by atoms with Gasteiger partial charge in [0.1, 0.15) is 5.82 Å². The molecule has 25 heavy (non-hydrogen) atoms. The van der Waals surface area contributed by atoms with Crippen LogP contribution in [0.5, 0.6) is 0 Å². The first-order valence-corrected chi connectivity index (χ1v) is 9.19. The van der Waals surface area contributed by atoms with E-state index in [4.69, 9.17) is 0 Å². The van der Waals surface area contributed by atoms with Crippen LogP contribution in [0.15, 0.2) is 23.2 Å². The number of amides is 1. The summed E-state index contributed by atoms with van der Waals surface area (Å²) in [7, 11) is 0. The molecule has 6 heteroatoms. The number of aliphatic imine (C=N–C) groups is 1. The maximum Gasteiger partial charge on any atom is 0.251 e. The van der Waals surface area contributed by atoms with Crippen LogP contribution >= 0.6 is 0 Å². The molecule has 0 bridgehead atoms. The Morgan fingerprint density at radius 3 is 2.68 bits per heavy atom. The maximum absolute atomic E-state index is 13.5. The van der Waals surface area contributed by atoms with Gasteiger partial charge in [0, 0.05) is 24.7 Å². The van der Waals surface area contributed by atoms with E-state index in [9.17, 15) is 9.18 Å². The summed E-state index contributed by atoms with van der Waals surface area (Å²) in [6.45, 7) is 5.39. The molecule has 0 spiro atoms. The molecule has 0 aliphatic heterocycles. The quantitative estimate of drug-likeness (QED) is 0.421. The van der Waals surface area contributed by atoms with Crippen LogP contribution in [-0.2, 0) is 0 Å². The van der Waals surface area contributed by atoms with Crippen molar-refractivity contribution in [3.05, 3.63) is 35.1 Å². The molecule has 1 aliphatic carbocycles. The Morgan fingerprint density at radius 1 is 1.24 bits per heavy atom. The predicted octanol–water partition coefficient (Wildman–Crippen LogP) is 2.75. The van der Waals surface area contributed by atoms with Crippen LogP contribution in [0.25, 0.3) is 0 Å². The summed E-state index contributed by atoms with van der Waals surface area (Å²) >= 11 is 0. The van der Waals surface area contributed by atoms with Gasteiger partial charge >= 0.3 is 0 Å². The normalized spacial score (nSPS) is 15.7. The summed E-state index contributed by atoms with van der Waals surface area (Å²) in [5, 5.41) is 9.49. The lowest BCUT2D eigenvalue weighted by atomic mass is 9.96. The van der Waals surface area contributed by atoms with Gasteiger partial charge in [0.25, 0.3) is 5.91 Å². The van der Waals surface area contributed by atoms with Gasteiger partial charge in [-0.1, -0.05) is 25.3 Å². The zero-order valence-corrected chi connectivity index (χ0v) is 15.2. The molecule has 2 rings (SSSR count). The van der Waals surface area contributed by atoms with Gasteiger partial charge in [0.2, 0.25) is 0 Å². The van der Waals surface area contributed by atoms with Crippen LogP contribution in [0.1, 0.15) is 54.9 Å². The fourth-order valence-electron chi connectivity index (χ4n) is 2.93. The molecule has 1 saturated carbocycles. The zero-order valence-electron chi connectivity index (χ0n) is 15.2. The first-order valence-electron chi connectivity index (χ1n) is 9.19. The summed E-state index contributed by atoms with van der Waals surface area (Å²) in [4.78, 5) is 16.5. The van der Waals surface area contributed by atoms with Gasteiger partial charge in [0.05, 0.1) is 6.54 Å². The van der Waals surface area contributed by atoms with Gasteiger partial charge < -0.3 is 16.0 Å². The number of rotatable bonds is 6. The van der Waals surface area contributed by atoms with Crippen molar-refractivity contribution in [1.82, 2.24) is 16.0 Å². The molecular weight excluding hydrogens is 319 g/mol. The highest BCUT2D eigenvalue weighted by molar-refractivity contribution is 5.94. The van der Waals surface area contributed by atoms with Gasteiger partial charge in [-0.3, -0.25) is 9.79 Å². The van der Waals surface area contributed by atoms with Crippen LogP contribution < -0.4 is 16.0 Å². The minimum Gasteiger partial charge on any atom is -0.357 e. The smallest absolute Gasteiger partial charge is 0.251 e. The molecule has 1 aromatic rings. The van der Waals surface area contributed by atoms with E-state index in [0.717, 1.165) is 12.5 Å².